The molecule has 0 aliphatic heterocycles. The Labute approximate surface area is 84.5 Å². The van der Waals surface area contributed by atoms with Gasteiger partial charge in [-0.3, -0.25) is 4.79 Å². The number of aliphatic hydroxyl groups excluding tert-OH is 1. The Morgan fingerprint density at radius 1 is 1.57 bits per heavy atom. The number of hydrogen-bond acceptors (Lipinski definition) is 4. The molecule has 0 amide bonds. The van der Waals surface area contributed by atoms with E-state index in [-0.39, 0.29) is 13.2 Å². The fourth-order valence-corrected chi connectivity index (χ4v) is 1.08. The van der Waals surface area contributed by atoms with Crippen molar-refractivity contribution in [1.29, 1.82) is 5.26 Å². The number of nitriles is 1. The van der Waals surface area contributed by atoms with E-state index in [1.165, 1.54) is 0 Å². The van der Waals surface area contributed by atoms with Crippen molar-refractivity contribution in [3.05, 3.63) is 0 Å². The predicted octanol–water partition coefficient (Wildman–Crippen LogP) is 1.24. The Morgan fingerprint density at radius 2 is 2.21 bits per heavy atom. The Hall–Kier alpha value is -1.08. The van der Waals surface area contributed by atoms with Crippen molar-refractivity contribution in [3.63, 3.8) is 0 Å². The van der Waals surface area contributed by atoms with Crippen molar-refractivity contribution in [2.24, 2.45) is 5.41 Å². The van der Waals surface area contributed by atoms with E-state index >= 15 is 0 Å². The van der Waals surface area contributed by atoms with Crippen molar-refractivity contribution in [2.75, 3.05) is 13.2 Å². The molecule has 1 atom stereocenters. The quantitative estimate of drug-likeness (QED) is 0.516. The molecule has 0 saturated heterocycles. The van der Waals surface area contributed by atoms with Gasteiger partial charge >= 0.3 is 5.97 Å². The summed E-state index contributed by atoms with van der Waals surface area (Å²) in [6.45, 7) is 3.66. The van der Waals surface area contributed by atoms with Crippen LogP contribution in [0.4, 0.5) is 0 Å². The first kappa shape index (κ1) is 12.9. The van der Waals surface area contributed by atoms with Crippen LogP contribution in [-0.2, 0) is 9.53 Å². The molecular weight excluding hydrogens is 182 g/mol. The second kappa shape index (κ2) is 6.39. The van der Waals surface area contributed by atoms with Gasteiger partial charge in [0.05, 0.1) is 12.7 Å². The number of ether oxygens (including phenoxy) is 1. The molecule has 0 saturated carbocycles. The van der Waals surface area contributed by atoms with Crippen molar-refractivity contribution < 1.29 is 14.6 Å². The Bertz CT molecular complexity index is 222. The van der Waals surface area contributed by atoms with Crippen molar-refractivity contribution >= 4 is 5.97 Å². The number of carbonyl (C=O) groups is 1. The van der Waals surface area contributed by atoms with Crippen LogP contribution in [0.2, 0.25) is 0 Å². The van der Waals surface area contributed by atoms with Gasteiger partial charge in [-0.2, -0.15) is 5.26 Å². The van der Waals surface area contributed by atoms with Crippen LogP contribution in [0.5, 0.6) is 0 Å². The van der Waals surface area contributed by atoms with E-state index < -0.39 is 11.4 Å². The van der Waals surface area contributed by atoms with Gasteiger partial charge in [0.1, 0.15) is 0 Å². The molecule has 1 N–H and O–H groups in total. The second-order valence-electron chi connectivity index (χ2n) is 3.35. The molecule has 0 fully saturated rings. The third kappa shape index (κ3) is 3.75. The maximum atomic E-state index is 11.4. The minimum atomic E-state index is -1.06. The first-order valence-corrected chi connectivity index (χ1v) is 4.80. The number of hydrogen-bond donors (Lipinski definition) is 1. The molecule has 0 rings (SSSR count). The molecule has 80 valence electrons. The summed E-state index contributed by atoms with van der Waals surface area (Å²) in [5.41, 5.74) is -1.06. The van der Waals surface area contributed by atoms with Crippen molar-refractivity contribution in [3.8, 4) is 6.07 Å². The van der Waals surface area contributed by atoms with Crippen LogP contribution in [0.1, 0.15) is 33.1 Å². The first-order valence-electron chi connectivity index (χ1n) is 4.80. The minimum Gasteiger partial charge on any atom is -0.465 e. The smallest absolute Gasteiger partial charge is 0.326 e. The molecule has 0 aromatic rings. The summed E-state index contributed by atoms with van der Waals surface area (Å²) in [5.74, 6) is -0.472. The number of unbranched alkanes of at least 4 members (excludes halogenated alkanes) is 1. The number of nitrogens with zero attached hydrogens (tertiary/aromatic N) is 1. The van der Waals surface area contributed by atoms with E-state index in [9.17, 15) is 4.79 Å². The fourth-order valence-electron chi connectivity index (χ4n) is 1.08. The molecule has 0 aliphatic carbocycles. The molecule has 14 heavy (non-hydrogen) atoms. The number of carbonyl (C=O) groups excluding carboxylic acids is 1. The number of esters is 1. The predicted molar refractivity (Wildman–Crippen MR) is 51.3 cm³/mol. The van der Waals surface area contributed by atoms with Crippen LogP contribution in [0, 0.1) is 16.7 Å². The molecule has 0 aliphatic rings. The second-order valence-corrected chi connectivity index (χ2v) is 3.35. The highest BCUT2D eigenvalue weighted by atomic mass is 16.5. The van der Waals surface area contributed by atoms with Gasteiger partial charge in [0.15, 0.2) is 5.41 Å². The van der Waals surface area contributed by atoms with Crippen LogP contribution in [0.3, 0.4) is 0 Å². The average Bonchev–Trinajstić information content (AvgIpc) is 2.18. The van der Waals surface area contributed by atoms with Crippen molar-refractivity contribution in [2.45, 2.75) is 33.1 Å². The normalized spacial score (nSPS) is 14.1. The highest BCUT2D eigenvalue weighted by molar-refractivity contribution is 5.79. The zero-order valence-corrected chi connectivity index (χ0v) is 8.75. The molecule has 0 spiro atoms. The summed E-state index contributed by atoms with van der Waals surface area (Å²) < 4.78 is 4.80. The maximum Gasteiger partial charge on any atom is 0.326 e. The standard InChI is InChI=1S/C10H17NO3/c1-3-14-9(13)10(2,8-11)6-4-5-7-12/h12H,3-7H2,1-2H3. The SMILES string of the molecule is CCOC(=O)C(C)(C#N)CCCCO. The first-order chi connectivity index (χ1) is 6.60. The van der Waals surface area contributed by atoms with Crippen LogP contribution >= 0.6 is 0 Å². The zero-order valence-electron chi connectivity index (χ0n) is 8.75. The molecule has 0 aromatic heterocycles. The summed E-state index contributed by atoms with van der Waals surface area (Å²) in [5, 5.41) is 17.4. The molecule has 4 heteroatoms. The van der Waals surface area contributed by atoms with Gasteiger partial charge in [-0.15, -0.1) is 0 Å². The molecule has 0 bridgehead atoms. The highest BCUT2D eigenvalue weighted by Gasteiger charge is 2.34. The van der Waals surface area contributed by atoms with E-state index in [1.54, 1.807) is 13.8 Å². The van der Waals surface area contributed by atoms with E-state index in [1.807, 2.05) is 6.07 Å². The van der Waals surface area contributed by atoms with Gasteiger partial charge in [0, 0.05) is 6.61 Å². The van der Waals surface area contributed by atoms with E-state index in [0.29, 0.717) is 19.3 Å². The summed E-state index contributed by atoms with van der Waals surface area (Å²) in [7, 11) is 0. The van der Waals surface area contributed by atoms with E-state index in [4.69, 9.17) is 15.1 Å². The van der Waals surface area contributed by atoms with Gasteiger partial charge in [-0.25, -0.2) is 0 Å². The molecular formula is C10H17NO3. The van der Waals surface area contributed by atoms with Gasteiger partial charge in [0.2, 0.25) is 0 Å². The van der Waals surface area contributed by atoms with Gasteiger partial charge in [-0.05, 0) is 33.1 Å². The maximum absolute atomic E-state index is 11.4. The lowest BCUT2D eigenvalue weighted by molar-refractivity contribution is -0.151. The van der Waals surface area contributed by atoms with Gasteiger partial charge < -0.3 is 9.84 Å². The fraction of sp³-hybridized carbons (Fsp3) is 0.800. The third-order valence-corrected chi connectivity index (χ3v) is 2.06. The van der Waals surface area contributed by atoms with E-state index in [2.05, 4.69) is 0 Å². The van der Waals surface area contributed by atoms with Crippen LogP contribution in [0.15, 0.2) is 0 Å². The lowest BCUT2D eigenvalue weighted by Gasteiger charge is -2.18. The monoisotopic (exact) mass is 199 g/mol. The molecule has 0 heterocycles. The van der Waals surface area contributed by atoms with Crippen LogP contribution < -0.4 is 0 Å². The van der Waals surface area contributed by atoms with Crippen LogP contribution in [0.25, 0.3) is 0 Å². The highest BCUT2D eigenvalue weighted by Crippen LogP contribution is 2.24. The molecule has 1 unspecified atom stereocenters. The number of rotatable bonds is 6. The minimum absolute atomic E-state index is 0.0876. The molecule has 4 nitrogen and oxygen atoms in total. The Kier molecular flexibility index (Phi) is 5.89. The Balaban J connectivity index is 4.18. The summed E-state index contributed by atoms with van der Waals surface area (Å²) in [6, 6.07) is 1.97. The topological polar surface area (TPSA) is 70.3 Å². The summed E-state index contributed by atoms with van der Waals surface area (Å²) >= 11 is 0. The lowest BCUT2D eigenvalue weighted by Crippen LogP contribution is -2.28. The third-order valence-electron chi connectivity index (χ3n) is 2.06. The van der Waals surface area contributed by atoms with E-state index in [0.717, 1.165) is 0 Å². The lowest BCUT2D eigenvalue weighted by atomic mass is 9.86. The number of aliphatic hydroxyl groups is 1. The average molecular weight is 199 g/mol. The van der Waals surface area contributed by atoms with Crippen molar-refractivity contribution in [1.82, 2.24) is 0 Å². The summed E-state index contributed by atoms with van der Waals surface area (Å²) in [6.07, 6.45) is 1.69. The largest absolute Gasteiger partial charge is 0.465 e. The van der Waals surface area contributed by atoms with Crippen LogP contribution in [-0.4, -0.2) is 24.3 Å². The molecule has 0 aromatic carbocycles. The Morgan fingerprint density at radius 3 is 2.64 bits per heavy atom. The van der Waals surface area contributed by atoms with Gasteiger partial charge in [-0.1, -0.05) is 0 Å². The molecule has 0 radical (unpaired) electrons. The zero-order chi connectivity index (χ0) is 11.0. The summed E-state index contributed by atoms with van der Waals surface area (Å²) in [4.78, 5) is 11.4. The van der Waals surface area contributed by atoms with Gasteiger partial charge in [0.25, 0.3) is 0 Å².